The van der Waals surface area contributed by atoms with Crippen LogP contribution in [-0.2, 0) is 14.8 Å². The fourth-order valence-electron chi connectivity index (χ4n) is 2.58. The molecule has 0 radical (unpaired) electrons. The van der Waals surface area contributed by atoms with Crippen molar-refractivity contribution in [3.8, 4) is 0 Å². The van der Waals surface area contributed by atoms with E-state index in [1.54, 1.807) is 13.8 Å². The van der Waals surface area contributed by atoms with Gasteiger partial charge in [-0.1, -0.05) is 28.1 Å². The molecule has 1 aromatic carbocycles. The number of sulfonamides is 1. The summed E-state index contributed by atoms with van der Waals surface area (Å²) in [6.07, 6.45) is 0.670. The number of aromatic nitrogens is 1. The summed E-state index contributed by atoms with van der Waals surface area (Å²) in [5.74, 6) is -0.647. The molecule has 122 valence electrons. The van der Waals surface area contributed by atoms with Gasteiger partial charge in [0.15, 0.2) is 4.21 Å². The van der Waals surface area contributed by atoms with Gasteiger partial charge in [0.2, 0.25) is 5.91 Å². The molecule has 1 fully saturated rings. The molecule has 1 aliphatic rings. The van der Waals surface area contributed by atoms with Gasteiger partial charge in [-0.15, -0.1) is 11.3 Å². The molecular formula is C15H15BrN2O3S2. The highest BCUT2D eigenvalue weighted by Gasteiger charge is 2.45. The maximum atomic E-state index is 12.3. The molecule has 1 N–H and O–H groups in total. The normalized spacial score (nSPS) is 20.3. The highest BCUT2D eigenvalue weighted by molar-refractivity contribution is 9.10. The van der Waals surface area contributed by atoms with Gasteiger partial charge in [-0.05, 0) is 43.9 Å². The van der Waals surface area contributed by atoms with Crippen LogP contribution < -0.4 is 4.72 Å². The number of nitrogens with zero attached hydrogens (tertiary/aromatic N) is 1. The summed E-state index contributed by atoms with van der Waals surface area (Å²) in [6.45, 7) is 3.37. The van der Waals surface area contributed by atoms with E-state index < -0.39 is 15.9 Å². The van der Waals surface area contributed by atoms with Gasteiger partial charge in [-0.25, -0.2) is 18.1 Å². The van der Waals surface area contributed by atoms with Gasteiger partial charge in [0, 0.05) is 10.4 Å². The minimum atomic E-state index is -3.84. The van der Waals surface area contributed by atoms with Crippen LogP contribution in [0.15, 0.2) is 32.9 Å². The molecule has 0 saturated heterocycles. The molecule has 1 amide bonds. The first-order valence-corrected chi connectivity index (χ1v) is 10.1. The molecule has 0 spiro atoms. The molecule has 1 saturated carbocycles. The van der Waals surface area contributed by atoms with Crippen LogP contribution in [0, 0.1) is 19.8 Å². The van der Waals surface area contributed by atoms with E-state index in [0.717, 1.165) is 21.4 Å². The number of hydrogen-bond donors (Lipinski definition) is 1. The van der Waals surface area contributed by atoms with E-state index in [1.165, 1.54) is 0 Å². The second-order valence-electron chi connectivity index (χ2n) is 5.58. The van der Waals surface area contributed by atoms with Crippen molar-refractivity contribution in [1.29, 1.82) is 0 Å². The minimum absolute atomic E-state index is 0.0857. The molecule has 8 heteroatoms. The Hall–Kier alpha value is -1.25. The summed E-state index contributed by atoms with van der Waals surface area (Å²) in [5.41, 5.74) is 1.48. The third-order valence-electron chi connectivity index (χ3n) is 3.77. The van der Waals surface area contributed by atoms with E-state index in [-0.39, 0.29) is 16.0 Å². The first-order chi connectivity index (χ1) is 10.8. The standard InChI is InChI=1S/C15H15BrN2O3S2/c1-8-15(22-9(2)17-8)23(20,21)18-14(19)13-7-12(13)10-3-5-11(16)6-4-10/h3-6,12-13H,7H2,1-2H3,(H,18,19)/t12-,13+/m0/s1. The summed E-state index contributed by atoms with van der Waals surface area (Å²) >= 11 is 4.45. The van der Waals surface area contributed by atoms with Crippen LogP contribution in [0.2, 0.25) is 0 Å². The van der Waals surface area contributed by atoms with Crippen LogP contribution in [0.1, 0.15) is 28.6 Å². The van der Waals surface area contributed by atoms with Crippen LogP contribution in [0.5, 0.6) is 0 Å². The predicted molar refractivity (Wildman–Crippen MR) is 91.9 cm³/mol. The van der Waals surface area contributed by atoms with Gasteiger partial charge in [0.25, 0.3) is 10.0 Å². The van der Waals surface area contributed by atoms with Crippen LogP contribution in [-0.4, -0.2) is 19.3 Å². The third kappa shape index (κ3) is 3.49. The van der Waals surface area contributed by atoms with E-state index in [0.29, 0.717) is 17.1 Å². The summed E-state index contributed by atoms with van der Waals surface area (Å²) in [6, 6.07) is 7.74. The number of rotatable bonds is 4. The maximum absolute atomic E-state index is 12.3. The number of benzene rings is 1. The molecule has 0 bridgehead atoms. The molecule has 2 aromatic rings. The predicted octanol–water partition coefficient (Wildman–Crippen LogP) is 3.13. The van der Waals surface area contributed by atoms with Crippen molar-refractivity contribution in [2.75, 3.05) is 0 Å². The van der Waals surface area contributed by atoms with E-state index in [4.69, 9.17) is 0 Å². The lowest BCUT2D eigenvalue weighted by atomic mass is 10.1. The average molecular weight is 415 g/mol. The van der Waals surface area contributed by atoms with E-state index in [2.05, 4.69) is 25.6 Å². The van der Waals surface area contributed by atoms with Crippen LogP contribution >= 0.6 is 27.3 Å². The van der Waals surface area contributed by atoms with Crippen molar-refractivity contribution in [1.82, 2.24) is 9.71 Å². The minimum Gasteiger partial charge on any atom is -0.274 e. The Bertz CT molecular complexity index is 859. The number of nitrogens with one attached hydrogen (secondary N) is 1. The van der Waals surface area contributed by atoms with Gasteiger partial charge >= 0.3 is 0 Å². The molecule has 0 unspecified atom stereocenters. The van der Waals surface area contributed by atoms with Gasteiger partial charge in [-0.2, -0.15) is 0 Å². The van der Waals surface area contributed by atoms with Crippen molar-refractivity contribution >= 4 is 43.2 Å². The van der Waals surface area contributed by atoms with E-state index in [1.807, 2.05) is 24.3 Å². The Morgan fingerprint density at radius 3 is 2.52 bits per heavy atom. The molecule has 3 rings (SSSR count). The summed E-state index contributed by atoms with van der Waals surface area (Å²) in [7, 11) is -3.84. The lowest BCUT2D eigenvalue weighted by Crippen LogP contribution is -2.32. The second-order valence-corrected chi connectivity index (χ2v) is 9.57. The number of hydrogen-bond acceptors (Lipinski definition) is 5. The van der Waals surface area contributed by atoms with E-state index >= 15 is 0 Å². The van der Waals surface area contributed by atoms with E-state index in [9.17, 15) is 13.2 Å². The molecular weight excluding hydrogens is 400 g/mol. The first-order valence-electron chi connectivity index (χ1n) is 7.04. The lowest BCUT2D eigenvalue weighted by Gasteiger charge is -2.05. The molecule has 23 heavy (non-hydrogen) atoms. The molecule has 1 aromatic heterocycles. The zero-order valence-electron chi connectivity index (χ0n) is 12.5. The number of halogens is 1. The largest absolute Gasteiger partial charge is 0.275 e. The van der Waals surface area contributed by atoms with Crippen molar-refractivity contribution in [2.24, 2.45) is 5.92 Å². The SMILES string of the molecule is Cc1nc(C)c(S(=O)(=O)NC(=O)[C@@H]2C[C@H]2c2ccc(Br)cc2)s1. The summed E-state index contributed by atoms with van der Waals surface area (Å²) < 4.78 is 27.9. The quantitative estimate of drug-likeness (QED) is 0.833. The number of carbonyl (C=O) groups excluding carboxylic acids is 1. The zero-order valence-corrected chi connectivity index (χ0v) is 15.8. The Morgan fingerprint density at radius 2 is 1.96 bits per heavy atom. The lowest BCUT2D eigenvalue weighted by molar-refractivity contribution is -0.120. The number of thiazole rings is 1. The summed E-state index contributed by atoms with van der Waals surface area (Å²) in [5, 5.41) is 0.662. The molecule has 1 heterocycles. The third-order valence-corrected chi connectivity index (χ3v) is 7.32. The monoisotopic (exact) mass is 414 g/mol. The first kappa shape index (κ1) is 16.6. The Morgan fingerprint density at radius 1 is 1.30 bits per heavy atom. The van der Waals surface area contributed by atoms with Crippen molar-refractivity contribution in [3.05, 3.63) is 45.0 Å². The highest BCUT2D eigenvalue weighted by Crippen LogP contribution is 2.47. The van der Waals surface area contributed by atoms with Crippen LogP contribution in [0.3, 0.4) is 0 Å². The Kier molecular flexibility index (Phi) is 4.33. The topological polar surface area (TPSA) is 76.1 Å². The Balaban J connectivity index is 1.71. The van der Waals surface area contributed by atoms with Crippen molar-refractivity contribution in [3.63, 3.8) is 0 Å². The van der Waals surface area contributed by atoms with Crippen LogP contribution in [0.4, 0.5) is 0 Å². The molecule has 2 atom stereocenters. The molecule has 1 aliphatic carbocycles. The average Bonchev–Trinajstić information content (AvgIpc) is 3.18. The van der Waals surface area contributed by atoms with Gasteiger partial charge in [0.05, 0.1) is 10.7 Å². The van der Waals surface area contributed by atoms with Gasteiger partial charge in [0.1, 0.15) is 0 Å². The summed E-state index contributed by atoms with van der Waals surface area (Å²) in [4.78, 5) is 16.3. The van der Waals surface area contributed by atoms with Gasteiger partial charge in [-0.3, -0.25) is 4.79 Å². The zero-order chi connectivity index (χ0) is 16.8. The molecule has 5 nitrogen and oxygen atoms in total. The second kappa shape index (κ2) is 5.99. The van der Waals surface area contributed by atoms with Crippen LogP contribution in [0.25, 0.3) is 0 Å². The smallest absolute Gasteiger partial charge is 0.274 e. The maximum Gasteiger partial charge on any atom is 0.275 e. The fraction of sp³-hybridized carbons (Fsp3) is 0.333. The van der Waals surface area contributed by atoms with Crippen molar-refractivity contribution < 1.29 is 13.2 Å². The Labute approximate surface area is 147 Å². The van der Waals surface area contributed by atoms with Crippen molar-refractivity contribution in [2.45, 2.75) is 30.4 Å². The number of aryl methyl sites for hydroxylation is 2. The van der Waals surface area contributed by atoms with Gasteiger partial charge < -0.3 is 0 Å². The fourth-order valence-corrected chi connectivity index (χ4v) is 5.36. The highest BCUT2D eigenvalue weighted by atomic mass is 79.9. The number of amides is 1. The molecule has 0 aliphatic heterocycles. The number of carbonyl (C=O) groups is 1.